The normalized spacial score (nSPS) is 18.1. The van der Waals surface area contributed by atoms with Gasteiger partial charge in [-0.15, -0.1) is 0 Å². The van der Waals surface area contributed by atoms with Crippen LogP contribution < -0.4 is 5.32 Å². The van der Waals surface area contributed by atoms with Crippen LogP contribution in [0.5, 0.6) is 0 Å². The van der Waals surface area contributed by atoms with Gasteiger partial charge in [0.05, 0.1) is 11.0 Å². The summed E-state index contributed by atoms with van der Waals surface area (Å²) in [4.78, 5) is 13.7. The zero-order chi connectivity index (χ0) is 15.0. The molecule has 0 radical (unpaired) electrons. The molecule has 1 aromatic heterocycles. The molecule has 110 valence electrons. The fourth-order valence-electron chi connectivity index (χ4n) is 2.26. The van der Waals surface area contributed by atoms with Crippen molar-refractivity contribution in [2.24, 2.45) is 0 Å². The molecule has 1 N–H and O–H groups in total. The monoisotopic (exact) mass is 296 g/mol. The largest absolute Gasteiger partial charge is 0.337 e. The van der Waals surface area contributed by atoms with Crippen molar-refractivity contribution >= 4 is 5.69 Å². The molecule has 1 aliphatic rings. The summed E-state index contributed by atoms with van der Waals surface area (Å²) in [5.41, 5.74) is -1.49. The minimum atomic E-state index is -1.31. The minimum Gasteiger partial charge on any atom is -0.337 e. The van der Waals surface area contributed by atoms with Crippen LogP contribution in [0.1, 0.15) is 24.8 Å². The van der Waals surface area contributed by atoms with E-state index in [4.69, 9.17) is 4.52 Å². The Morgan fingerprint density at radius 1 is 1.43 bits per heavy atom. The second-order valence-electron chi connectivity index (χ2n) is 4.62. The zero-order valence-corrected chi connectivity index (χ0v) is 10.7. The van der Waals surface area contributed by atoms with Crippen LogP contribution in [-0.2, 0) is 0 Å². The van der Waals surface area contributed by atoms with Crippen molar-refractivity contribution in [1.82, 2.24) is 15.5 Å². The highest BCUT2D eigenvalue weighted by atomic mass is 19.1. The van der Waals surface area contributed by atoms with E-state index in [1.165, 1.54) is 0 Å². The Balaban J connectivity index is 2.04. The number of rotatable bonds is 3. The van der Waals surface area contributed by atoms with Crippen molar-refractivity contribution in [2.45, 2.75) is 18.9 Å². The number of hydrogen-bond acceptors (Lipinski definition) is 6. The van der Waals surface area contributed by atoms with E-state index in [0.717, 1.165) is 31.5 Å². The number of nitrogens with zero attached hydrogens (tertiary/aromatic N) is 3. The van der Waals surface area contributed by atoms with Crippen molar-refractivity contribution in [3.63, 3.8) is 0 Å². The zero-order valence-electron chi connectivity index (χ0n) is 10.7. The summed E-state index contributed by atoms with van der Waals surface area (Å²) < 4.78 is 32.8. The third-order valence-corrected chi connectivity index (χ3v) is 3.29. The maximum absolute atomic E-state index is 14.0. The number of nitrogens with one attached hydrogen (secondary N) is 1. The van der Waals surface area contributed by atoms with Crippen molar-refractivity contribution in [2.75, 3.05) is 6.54 Å². The average Bonchev–Trinajstić information content (AvgIpc) is 3.09. The molecule has 1 atom stereocenters. The lowest BCUT2D eigenvalue weighted by molar-refractivity contribution is -0.387. The summed E-state index contributed by atoms with van der Waals surface area (Å²) in [6.45, 7) is 0.794. The average molecular weight is 296 g/mol. The first kappa shape index (κ1) is 13.6. The number of nitro groups is 1. The van der Waals surface area contributed by atoms with Gasteiger partial charge in [0.25, 0.3) is 0 Å². The van der Waals surface area contributed by atoms with Crippen LogP contribution in [0.2, 0.25) is 0 Å². The number of halogens is 2. The lowest BCUT2D eigenvalue weighted by Gasteiger charge is -2.02. The number of hydrogen-bond donors (Lipinski definition) is 1. The predicted molar refractivity (Wildman–Crippen MR) is 66.3 cm³/mol. The third-order valence-electron chi connectivity index (χ3n) is 3.29. The van der Waals surface area contributed by atoms with E-state index >= 15 is 0 Å². The summed E-state index contributed by atoms with van der Waals surface area (Å²) in [6.07, 6.45) is 1.71. The Morgan fingerprint density at radius 2 is 2.24 bits per heavy atom. The molecule has 9 heteroatoms. The van der Waals surface area contributed by atoms with E-state index in [2.05, 4.69) is 15.5 Å². The van der Waals surface area contributed by atoms with Gasteiger partial charge in [-0.1, -0.05) is 5.16 Å². The highest BCUT2D eigenvalue weighted by Crippen LogP contribution is 2.31. The molecule has 0 spiro atoms. The van der Waals surface area contributed by atoms with Crippen LogP contribution >= 0.6 is 0 Å². The summed E-state index contributed by atoms with van der Waals surface area (Å²) in [6, 6.07) is 1.41. The highest BCUT2D eigenvalue weighted by Gasteiger charge is 2.28. The molecule has 3 rings (SSSR count). The molecular weight excluding hydrogens is 286 g/mol. The summed E-state index contributed by atoms with van der Waals surface area (Å²) in [7, 11) is 0. The molecule has 21 heavy (non-hydrogen) atoms. The van der Waals surface area contributed by atoms with Gasteiger partial charge in [-0.2, -0.15) is 9.37 Å². The Labute approximate surface area is 117 Å². The van der Waals surface area contributed by atoms with Gasteiger partial charge in [0, 0.05) is 6.07 Å². The van der Waals surface area contributed by atoms with E-state index in [1.54, 1.807) is 0 Å². The molecule has 2 heterocycles. The molecular formula is C12H10F2N4O3. The molecule has 1 saturated heterocycles. The standard InChI is InChI=1S/C12H10F2N4O3/c13-6-3-4-8(18(19)20)10(14)9(6)11-16-12(21-17-11)7-2-1-5-15-7/h3-4,7,15H,1-2,5H2/t7-/m0/s1. The van der Waals surface area contributed by atoms with Gasteiger partial charge in [-0.05, 0) is 25.5 Å². The van der Waals surface area contributed by atoms with Crippen molar-refractivity contribution in [1.29, 1.82) is 0 Å². The Bertz CT molecular complexity index is 698. The predicted octanol–water partition coefficient (Wildman–Crippen LogP) is 2.35. The van der Waals surface area contributed by atoms with E-state index in [-0.39, 0.29) is 17.8 Å². The summed E-state index contributed by atoms with van der Waals surface area (Å²) >= 11 is 0. The minimum absolute atomic E-state index is 0.156. The third kappa shape index (κ3) is 2.35. The van der Waals surface area contributed by atoms with Gasteiger partial charge in [0.15, 0.2) is 0 Å². The second-order valence-corrected chi connectivity index (χ2v) is 4.62. The molecule has 1 fully saturated rings. The molecule has 0 saturated carbocycles. The number of benzene rings is 1. The van der Waals surface area contributed by atoms with E-state index < -0.39 is 27.8 Å². The van der Waals surface area contributed by atoms with Gasteiger partial charge in [-0.3, -0.25) is 10.1 Å². The van der Waals surface area contributed by atoms with E-state index in [9.17, 15) is 18.9 Å². The quantitative estimate of drug-likeness (QED) is 0.690. The van der Waals surface area contributed by atoms with Crippen LogP contribution in [-0.4, -0.2) is 21.6 Å². The first-order valence-corrected chi connectivity index (χ1v) is 6.27. The van der Waals surface area contributed by atoms with Crippen LogP contribution in [0, 0.1) is 21.7 Å². The molecule has 7 nitrogen and oxygen atoms in total. The van der Waals surface area contributed by atoms with Gasteiger partial charge in [0.1, 0.15) is 11.4 Å². The molecule has 1 aliphatic heterocycles. The highest BCUT2D eigenvalue weighted by molar-refractivity contribution is 5.61. The lowest BCUT2D eigenvalue weighted by atomic mass is 10.1. The first-order valence-electron chi connectivity index (χ1n) is 6.27. The second kappa shape index (κ2) is 5.17. The topological polar surface area (TPSA) is 94.1 Å². The van der Waals surface area contributed by atoms with Gasteiger partial charge in [-0.25, -0.2) is 4.39 Å². The molecule has 0 unspecified atom stereocenters. The Morgan fingerprint density at radius 3 is 2.90 bits per heavy atom. The van der Waals surface area contributed by atoms with Gasteiger partial charge < -0.3 is 9.84 Å². The fourth-order valence-corrected chi connectivity index (χ4v) is 2.26. The van der Waals surface area contributed by atoms with Crippen LogP contribution in [0.3, 0.4) is 0 Å². The molecule has 0 bridgehead atoms. The Kier molecular flexibility index (Phi) is 3.34. The molecule has 0 aliphatic carbocycles. The van der Waals surface area contributed by atoms with Gasteiger partial charge in [0.2, 0.25) is 17.5 Å². The van der Waals surface area contributed by atoms with Crippen molar-refractivity contribution < 1.29 is 18.2 Å². The lowest BCUT2D eigenvalue weighted by Crippen LogP contribution is -2.13. The van der Waals surface area contributed by atoms with E-state index in [1.807, 2.05) is 0 Å². The van der Waals surface area contributed by atoms with Crippen LogP contribution in [0.4, 0.5) is 14.5 Å². The van der Waals surface area contributed by atoms with Crippen molar-refractivity contribution in [3.8, 4) is 11.4 Å². The molecule has 0 amide bonds. The van der Waals surface area contributed by atoms with Crippen molar-refractivity contribution in [3.05, 3.63) is 39.8 Å². The maximum atomic E-state index is 14.0. The Hall–Kier alpha value is -2.42. The SMILES string of the molecule is O=[N+]([O-])c1ccc(F)c(-c2noc([C@@H]3CCCN3)n2)c1F. The van der Waals surface area contributed by atoms with Gasteiger partial charge >= 0.3 is 5.69 Å². The number of aromatic nitrogens is 2. The van der Waals surface area contributed by atoms with Crippen LogP contribution in [0.15, 0.2) is 16.7 Å². The fraction of sp³-hybridized carbons (Fsp3) is 0.333. The summed E-state index contributed by atoms with van der Waals surface area (Å²) in [5, 5.41) is 17.3. The smallest absolute Gasteiger partial charge is 0.305 e. The summed E-state index contributed by atoms with van der Waals surface area (Å²) in [5.74, 6) is -2.42. The molecule has 1 aromatic carbocycles. The van der Waals surface area contributed by atoms with Crippen LogP contribution in [0.25, 0.3) is 11.4 Å². The molecule has 2 aromatic rings. The first-order chi connectivity index (χ1) is 10.1. The number of nitro benzene ring substituents is 1. The van der Waals surface area contributed by atoms with E-state index in [0.29, 0.717) is 0 Å². The maximum Gasteiger partial charge on any atom is 0.305 e.